The molecule has 2 aliphatic heterocycles. The van der Waals surface area contributed by atoms with Crippen LogP contribution in [0.25, 0.3) is 11.3 Å². The number of rotatable bonds is 8. The van der Waals surface area contributed by atoms with Gasteiger partial charge in [0.1, 0.15) is 12.4 Å². The Kier molecular flexibility index (Phi) is 7.07. The van der Waals surface area contributed by atoms with Gasteiger partial charge in [-0.05, 0) is 53.6 Å². The van der Waals surface area contributed by atoms with Crippen molar-refractivity contribution in [1.82, 2.24) is 9.88 Å². The van der Waals surface area contributed by atoms with Gasteiger partial charge >= 0.3 is 5.97 Å². The van der Waals surface area contributed by atoms with Crippen LogP contribution in [-0.2, 0) is 27.8 Å². The van der Waals surface area contributed by atoms with Gasteiger partial charge in [-0.1, -0.05) is 29.8 Å². The first-order chi connectivity index (χ1) is 18.7. The van der Waals surface area contributed by atoms with Crippen molar-refractivity contribution in [3.8, 4) is 17.0 Å². The molecule has 6 rings (SSSR count). The van der Waals surface area contributed by atoms with Crippen LogP contribution in [0, 0.1) is 24.7 Å². The number of thiazole rings is 1. The van der Waals surface area contributed by atoms with Gasteiger partial charge in [0.15, 0.2) is 15.0 Å². The Hall–Kier alpha value is -2.66. The monoisotopic (exact) mass is 587 g/mol. The van der Waals surface area contributed by atoms with E-state index in [9.17, 15) is 18.3 Å². The number of carbonyl (C=O) groups is 1. The molecule has 2 aromatic carbocycles. The number of fused-ring (bicyclic) bond motifs is 1. The first-order valence-electron chi connectivity index (χ1n) is 13.0. The van der Waals surface area contributed by atoms with Crippen LogP contribution in [0.3, 0.4) is 0 Å². The number of aromatic nitrogens is 1. The molecule has 2 saturated heterocycles. The van der Waals surface area contributed by atoms with Crippen molar-refractivity contribution in [3.05, 3.63) is 63.5 Å². The van der Waals surface area contributed by atoms with Crippen molar-refractivity contribution in [2.75, 3.05) is 42.6 Å². The fourth-order valence-corrected chi connectivity index (χ4v) is 8.05. The summed E-state index contributed by atoms with van der Waals surface area (Å²) in [5, 5.41) is 12.8. The molecule has 0 spiro atoms. The normalized spacial score (nSPS) is 23.9. The van der Waals surface area contributed by atoms with Gasteiger partial charge in [-0.3, -0.25) is 9.69 Å². The van der Waals surface area contributed by atoms with Crippen LogP contribution in [0.1, 0.15) is 16.7 Å². The van der Waals surface area contributed by atoms with Crippen LogP contribution in [0.2, 0.25) is 5.02 Å². The molecule has 1 saturated carbocycles. The van der Waals surface area contributed by atoms with E-state index >= 15 is 0 Å². The largest absolute Gasteiger partial charge is 0.488 e. The van der Waals surface area contributed by atoms with E-state index in [2.05, 4.69) is 34.9 Å². The van der Waals surface area contributed by atoms with Crippen molar-refractivity contribution in [2.45, 2.75) is 20.1 Å². The molecule has 2 unspecified atom stereocenters. The smallest absolute Gasteiger partial charge is 0.307 e. The summed E-state index contributed by atoms with van der Waals surface area (Å²) in [6.45, 7) is 5.82. The molecule has 206 valence electrons. The zero-order valence-corrected chi connectivity index (χ0v) is 23.9. The minimum atomic E-state index is -2.88. The molecular formula is C28H30ClN3O5S2. The molecule has 1 aromatic heterocycles. The zero-order valence-electron chi connectivity index (χ0n) is 21.5. The predicted molar refractivity (Wildman–Crippen MR) is 152 cm³/mol. The summed E-state index contributed by atoms with van der Waals surface area (Å²) in [6, 6.07) is 11.8. The van der Waals surface area contributed by atoms with E-state index < -0.39 is 15.8 Å². The number of sulfone groups is 1. The summed E-state index contributed by atoms with van der Waals surface area (Å²) >= 11 is 7.90. The number of ether oxygens (including phenoxy) is 1. The number of carboxylic acids is 1. The molecule has 3 aliphatic rings. The van der Waals surface area contributed by atoms with Crippen molar-refractivity contribution < 1.29 is 23.1 Å². The van der Waals surface area contributed by atoms with Crippen molar-refractivity contribution in [3.63, 3.8) is 0 Å². The van der Waals surface area contributed by atoms with Crippen LogP contribution in [0.5, 0.6) is 5.75 Å². The molecule has 3 heterocycles. The maximum atomic E-state index is 11.7. The quantitative estimate of drug-likeness (QED) is 0.415. The third-order valence-electron chi connectivity index (χ3n) is 8.09. The summed E-state index contributed by atoms with van der Waals surface area (Å²) in [6.07, 6.45) is 0. The molecule has 0 radical (unpaired) electrons. The fraction of sp³-hybridized carbons (Fsp3) is 0.429. The summed E-state index contributed by atoms with van der Waals surface area (Å²) in [5.74, 6) is 0.725. The number of hydrogen-bond donors (Lipinski definition) is 1. The molecule has 0 amide bonds. The number of nitrogens with zero attached hydrogens (tertiary/aromatic N) is 3. The van der Waals surface area contributed by atoms with Crippen molar-refractivity contribution >= 4 is 43.9 Å². The maximum Gasteiger partial charge on any atom is 0.307 e. The van der Waals surface area contributed by atoms with Crippen LogP contribution in [0.15, 0.2) is 41.8 Å². The summed E-state index contributed by atoms with van der Waals surface area (Å²) in [5.41, 5.74) is 4.97. The van der Waals surface area contributed by atoms with Crippen LogP contribution in [-0.4, -0.2) is 67.1 Å². The van der Waals surface area contributed by atoms with Gasteiger partial charge in [0.2, 0.25) is 0 Å². The number of aryl methyl sites for hydroxylation is 1. The Bertz CT molecular complexity index is 1500. The number of benzene rings is 2. The molecule has 39 heavy (non-hydrogen) atoms. The standard InChI is InChI=1S/C28H30ClN3O5S2/c1-17-10-18(12-31-6-8-39(35,36)9-7-31)2-3-19(17)15-37-25-5-4-20(29)11-21(25)24-16-38-28(30-24)32-13-22-23(14-32)26(22)27(33)34/h2-5,10-11,16,22-23,26H,6-9,12-15H2,1H3,(H,33,34). The number of piperidine rings is 1. The molecule has 3 aromatic rings. The highest BCUT2D eigenvalue weighted by Crippen LogP contribution is 2.53. The zero-order chi connectivity index (χ0) is 27.3. The highest BCUT2D eigenvalue weighted by Gasteiger charge is 2.60. The van der Waals surface area contributed by atoms with E-state index in [1.807, 2.05) is 23.6 Å². The van der Waals surface area contributed by atoms with Crippen LogP contribution >= 0.6 is 22.9 Å². The number of anilines is 1. The summed E-state index contributed by atoms with van der Waals surface area (Å²) < 4.78 is 29.7. The average molecular weight is 588 g/mol. The lowest BCUT2D eigenvalue weighted by atomic mass is 10.1. The Morgan fingerprint density at radius 3 is 2.59 bits per heavy atom. The number of aliphatic carboxylic acids is 1. The Morgan fingerprint density at radius 1 is 1.15 bits per heavy atom. The number of hydrogen-bond acceptors (Lipinski definition) is 8. The Morgan fingerprint density at radius 2 is 1.90 bits per heavy atom. The van der Waals surface area contributed by atoms with E-state index in [-0.39, 0.29) is 29.3 Å². The molecule has 1 N–H and O–H groups in total. The van der Waals surface area contributed by atoms with Crippen molar-refractivity contribution in [1.29, 1.82) is 0 Å². The summed E-state index contributed by atoms with van der Waals surface area (Å²) in [7, 11) is -2.88. The van der Waals surface area contributed by atoms with Gasteiger partial charge in [0.05, 0.1) is 23.1 Å². The lowest BCUT2D eigenvalue weighted by Crippen LogP contribution is -2.39. The minimum absolute atomic E-state index is 0.199. The average Bonchev–Trinajstić information content (AvgIpc) is 3.21. The van der Waals surface area contributed by atoms with Gasteiger partial charge in [-0.2, -0.15) is 0 Å². The summed E-state index contributed by atoms with van der Waals surface area (Å²) in [4.78, 5) is 20.5. The molecule has 3 fully saturated rings. The second-order valence-corrected chi connectivity index (χ2v) is 14.3. The van der Waals surface area contributed by atoms with E-state index in [1.54, 1.807) is 11.3 Å². The highest BCUT2D eigenvalue weighted by molar-refractivity contribution is 7.91. The lowest BCUT2D eigenvalue weighted by Gasteiger charge is -2.26. The van der Waals surface area contributed by atoms with Gasteiger partial charge in [0.25, 0.3) is 0 Å². The molecule has 0 bridgehead atoms. The molecular weight excluding hydrogens is 558 g/mol. The topological polar surface area (TPSA) is 100 Å². The fourth-order valence-electron chi connectivity index (χ4n) is 5.75. The minimum Gasteiger partial charge on any atom is -0.488 e. The van der Waals surface area contributed by atoms with E-state index in [1.165, 1.54) is 0 Å². The Labute approximate surface area is 237 Å². The highest BCUT2D eigenvalue weighted by atomic mass is 35.5. The molecule has 2 atom stereocenters. The third-order valence-corrected chi connectivity index (χ3v) is 10.8. The SMILES string of the molecule is Cc1cc(CN2CCS(=O)(=O)CC2)ccc1COc1ccc(Cl)cc1-c1csc(N2CC3C(C2)C3C(=O)O)n1. The lowest BCUT2D eigenvalue weighted by molar-refractivity contribution is -0.139. The van der Waals surface area contributed by atoms with Gasteiger partial charge in [-0.25, -0.2) is 13.4 Å². The van der Waals surface area contributed by atoms with Crippen molar-refractivity contribution in [2.24, 2.45) is 17.8 Å². The molecule has 11 heteroatoms. The van der Waals surface area contributed by atoms with Gasteiger partial charge in [-0.15, -0.1) is 11.3 Å². The predicted octanol–water partition coefficient (Wildman–Crippen LogP) is 4.35. The first kappa shape index (κ1) is 26.6. The van der Waals surface area contributed by atoms with E-state index in [4.69, 9.17) is 21.3 Å². The molecule has 8 nitrogen and oxygen atoms in total. The second-order valence-electron chi connectivity index (χ2n) is 10.7. The number of carboxylic acid groups (broad SMARTS) is 1. The van der Waals surface area contributed by atoms with Gasteiger partial charge in [0, 0.05) is 48.7 Å². The second kappa shape index (κ2) is 10.4. The van der Waals surface area contributed by atoms with Crippen LogP contribution in [0.4, 0.5) is 5.13 Å². The first-order valence-corrected chi connectivity index (χ1v) is 16.1. The van der Waals surface area contributed by atoms with E-state index in [0.717, 1.165) is 52.7 Å². The van der Waals surface area contributed by atoms with E-state index in [0.29, 0.717) is 30.5 Å². The Balaban J connectivity index is 1.11. The van der Waals surface area contributed by atoms with Crippen LogP contribution < -0.4 is 9.64 Å². The number of halogens is 1. The molecule has 1 aliphatic carbocycles. The third kappa shape index (κ3) is 5.66. The maximum absolute atomic E-state index is 11.7. The van der Waals surface area contributed by atoms with Gasteiger partial charge < -0.3 is 14.7 Å².